The van der Waals surface area contributed by atoms with Crippen LogP contribution in [0.4, 0.5) is 5.69 Å². The summed E-state index contributed by atoms with van der Waals surface area (Å²) in [6.45, 7) is 0.918. The van der Waals surface area contributed by atoms with Crippen LogP contribution in [-0.4, -0.2) is 31.8 Å². The minimum Gasteiger partial charge on any atom is -0.497 e. The lowest BCUT2D eigenvalue weighted by Crippen LogP contribution is -2.36. The van der Waals surface area contributed by atoms with Crippen LogP contribution in [0.5, 0.6) is 5.75 Å². The molecule has 0 fully saturated rings. The fourth-order valence-electron chi connectivity index (χ4n) is 3.17. The third kappa shape index (κ3) is 2.49. The van der Waals surface area contributed by atoms with Crippen molar-refractivity contribution in [3.8, 4) is 5.75 Å². The summed E-state index contributed by atoms with van der Waals surface area (Å²) in [7, 11) is 3.74. The summed E-state index contributed by atoms with van der Waals surface area (Å²) in [5, 5.41) is 9.04. The lowest BCUT2D eigenvalue weighted by molar-refractivity contribution is 0.321. The van der Waals surface area contributed by atoms with E-state index in [9.17, 15) is 0 Å². The number of likely N-dealkylation sites (N-methyl/N-ethyl adjacent to an activating group) is 1. The van der Waals surface area contributed by atoms with Crippen LogP contribution in [0, 0.1) is 0 Å². The van der Waals surface area contributed by atoms with Crippen LogP contribution in [-0.2, 0) is 0 Å². The zero-order valence-corrected chi connectivity index (χ0v) is 13.3. The summed E-state index contributed by atoms with van der Waals surface area (Å²) in [5.41, 5.74) is 9.39. The summed E-state index contributed by atoms with van der Waals surface area (Å²) < 4.78 is 5.22. The summed E-state index contributed by atoms with van der Waals surface area (Å²) in [6, 6.07) is 8.17. The van der Waals surface area contributed by atoms with E-state index < -0.39 is 0 Å². The van der Waals surface area contributed by atoms with E-state index in [0.717, 1.165) is 23.7 Å². The molecule has 0 radical (unpaired) electrons. The van der Waals surface area contributed by atoms with Crippen molar-refractivity contribution in [3.05, 3.63) is 71.2 Å². The van der Waals surface area contributed by atoms with Crippen molar-refractivity contribution >= 4 is 5.69 Å². The molecule has 2 heterocycles. The topological polar surface area (TPSA) is 48.6 Å². The van der Waals surface area contributed by atoms with E-state index in [1.165, 1.54) is 16.8 Å². The first kappa shape index (κ1) is 14.0. The minimum absolute atomic E-state index is 0.193. The number of anilines is 1. The van der Waals surface area contributed by atoms with Gasteiger partial charge in [0.1, 0.15) is 5.75 Å². The Morgan fingerprint density at radius 1 is 1.22 bits per heavy atom. The standard InChI is InChI=1S/C18H20N4O/c1-22-11-12-3-8-15-17(18(12)21-22)16(9-10-19-15)20-13-4-6-14(23-2)7-5-13/h3-10,15,19-21H,11H2,1-2H3. The molecule has 0 amide bonds. The molecule has 5 nitrogen and oxygen atoms in total. The molecule has 0 saturated heterocycles. The predicted octanol–water partition coefficient (Wildman–Crippen LogP) is 2.12. The lowest BCUT2D eigenvalue weighted by atomic mass is 9.91. The van der Waals surface area contributed by atoms with Crippen LogP contribution >= 0.6 is 0 Å². The Morgan fingerprint density at radius 3 is 2.83 bits per heavy atom. The fourth-order valence-corrected chi connectivity index (χ4v) is 3.17. The number of hydrogen-bond donors (Lipinski definition) is 3. The first-order valence-electron chi connectivity index (χ1n) is 7.72. The molecule has 1 aliphatic carbocycles. The van der Waals surface area contributed by atoms with E-state index in [2.05, 4.69) is 46.3 Å². The second-order valence-corrected chi connectivity index (χ2v) is 5.89. The van der Waals surface area contributed by atoms with Crippen molar-refractivity contribution in [1.82, 2.24) is 15.8 Å². The van der Waals surface area contributed by atoms with Gasteiger partial charge >= 0.3 is 0 Å². The molecule has 0 saturated carbocycles. The van der Waals surface area contributed by atoms with E-state index >= 15 is 0 Å². The van der Waals surface area contributed by atoms with E-state index in [1.54, 1.807) is 7.11 Å². The highest BCUT2D eigenvalue weighted by Crippen LogP contribution is 2.32. The number of fused-ring (bicyclic) bond motifs is 2. The quantitative estimate of drug-likeness (QED) is 0.798. The van der Waals surface area contributed by atoms with Gasteiger partial charge in [-0.25, -0.2) is 5.01 Å². The molecule has 1 unspecified atom stereocenters. The van der Waals surface area contributed by atoms with Crippen molar-refractivity contribution < 1.29 is 4.74 Å². The average Bonchev–Trinajstić information content (AvgIpc) is 2.96. The normalized spacial score (nSPS) is 22.4. The molecular formula is C18H20N4O. The SMILES string of the molecule is COc1ccc(NC2=C3C4=C(C=CC3NC=C2)CN(C)N4)cc1. The van der Waals surface area contributed by atoms with Gasteiger partial charge in [0.25, 0.3) is 0 Å². The molecule has 4 rings (SSSR count). The van der Waals surface area contributed by atoms with Gasteiger partial charge in [-0.15, -0.1) is 0 Å². The fraction of sp³-hybridized carbons (Fsp3) is 0.222. The molecule has 23 heavy (non-hydrogen) atoms. The average molecular weight is 308 g/mol. The van der Waals surface area contributed by atoms with Crippen LogP contribution in [0.3, 0.4) is 0 Å². The van der Waals surface area contributed by atoms with Gasteiger partial charge in [0.15, 0.2) is 0 Å². The number of nitrogens with zero attached hydrogens (tertiary/aromatic N) is 1. The highest BCUT2D eigenvalue weighted by atomic mass is 16.5. The van der Waals surface area contributed by atoms with E-state index in [-0.39, 0.29) is 6.04 Å². The van der Waals surface area contributed by atoms with Gasteiger partial charge in [-0.2, -0.15) is 0 Å². The van der Waals surface area contributed by atoms with Crippen LogP contribution in [0.25, 0.3) is 0 Å². The van der Waals surface area contributed by atoms with Crippen molar-refractivity contribution in [2.24, 2.45) is 0 Å². The Morgan fingerprint density at radius 2 is 2.04 bits per heavy atom. The zero-order valence-electron chi connectivity index (χ0n) is 13.3. The van der Waals surface area contributed by atoms with Gasteiger partial charge in [-0.3, -0.25) is 0 Å². The number of rotatable bonds is 3. The first-order valence-corrected chi connectivity index (χ1v) is 7.72. The molecule has 1 aromatic carbocycles. The van der Waals surface area contributed by atoms with Gasteiger partial charge < -0.3 is 20.8 Å². The molecule has 0 aromatic heterocycles. The van der Waals surface area contributed by atoms with Gasteiger partial charge in [-0.1, -0.05) is 12.2 Å². The number of hydrogen-bond acceptors (Lipinski definition) is 5. The lowest BCUT2D eigenvalue weighted by Gasteiger charge is -2.29. The Balaban J connectivity index is 1.69. The van der Waals surface area contributed by atoms with Crippen molar-refractivity contribution in [1.29, 1.82) is 0 Å². The molecule has 0 spiro atoms. The molecule has 118 valence electrons. The smallest absolute Gasteiger partial charge is 0.119 e. The summed E-state index contributed by atoms with van der Waals surface area (Å²) in [4.78, 5) is 0. The van der Waals surface area contributed by atoms with Crippen LogP contribution in [0.2, 0.25) is 0 Å². The molecule has 1 aromatic rings. The number of methoxy groups -OCH3 is 1. The molecule has 2 aliphatic heterocycles. The largest absolute Gasteiger partial charge is 0.497 e. The van der Waals surface area contributed by atoms with Gasteiger partial charge in [-0.05, 0) is 42.1 Å². The molecular weight excluding hydrogens is 288 g/mol. The second kappa shape index (κ2) is 5.52. The highest BCUT2D eigenvalue weighted by Gasteiger charge is 2.30. The summed E-state index contributed by atoms with van der Waals surface area (Å²) in [6.07, 6.45) is 8.50. The van der Waals surface area contributed by atoms with Crippen LogP contribution in [0.15, 0.2) is 71.2 Å². The molecule has 3 aliphatic rings. The zero-order chi connectivity index (χ0) is 15.8. The minimum atomic E-state index is 0.193. The molecule has 5 heteroatoms. The Hall–Kier alpha value is -2.66. The van der Waals surface area contributed by atoms with Gasteiger partial charge in [0, 0.05) is 30.5 Å². The number of hydrazine groups is 1. The van der Waals surface area contributed by atoms with Crippen molar-refractivity contribution in [3.63, 3.8) is 0 Å². The predicted molar refractivity (Wildman–Crippen MR) is 91.6 cm³/mol. The number of dihydropyridines is 1. The Labute approximate surface area is 136 Å². The number of ether oxygens (including phenoxy) is 1. The van der Waals surface area contributed by atoms with E-state index in [1.807, 2.05) is 30.5 Å². The summed E-state index contributed by atoms with van der Waals surface area (Å²) in [5.74, 6) is 0.858. The molecule has 3 N–H and O–H groups in total. The van der Waals surface area contributed by atoms with Crippen LogP contribution < -0.4 is 20.8 Å². The van der Waals surface area contributed by atoms with E-state index in [4.69, 9.17) is 4.74 Å². The highest BCUT2D eigenvalue weighted by molar-refractivity contribution is 5.62. The maximum Gasteiger partial charge on any atom is 0.119 e. The number of benzene rings is 1. The second-order valence-electron chi connectivity index (χ2n) is 5.89. The van der Waals surface area contributed by atoms with E-state index in [0.29, 0.717) is 0 Å². The summed E-state index contributed by atoms with van der Waals surface area (Å²) >= 11 is 0. The Bertz CT molecular complexity index is 743. The van der Waals surface area contributed by atoms with Crippen LogP contribution in [0.1, 0.15) is 0 Å². The van der Waals surface area contributed by atoms with Gasteiger partial charge in [0.05, 0.1) is 18.8 Å². The maximum atomic E-state index is 5.22. The van der Waals surface area contributed by atoms with Gasteiger partial charge in [0.2, 0.25) is 0 Å². The third-order valence-electron chi connectivity index (χ3n) is 4.29. The van der Waals surface area contributed by atoms with Crippen molar-refractivity contribution in [2.75, 3.05) is 26.0 Å². The number of allylic oxidation sites excluding steroid dienone is 1. The third-order valence-corrected chi connectivity index (χ3v) is 4.29. The molecule has 1 atom stereocenters. The monoisotopic (exact) mass is 308 g/mol. The number of nitrogens with one attached hydrogen (secondary N) is 3. The van der Waals surface area contributed by atoms with Crippen molar-refractivity contribution in [2.45, 2.75) is 6.04 Å². The molecule has 0 bridgehead atoms. The Kier molecular flexibility index (Phi) is 3.35. The maximum absolute atomic E-state index is 5.22. The first-order chi connectivity index (χ1) is 11.2.